The van der Waals surface area contributed by atoms with E-state index in [1.807, 2.05) is 0 Å². The van der Waals surface area contributed by atoms with Gasteiger partial charge in [-0.1, -0.05) is 32.0 Å². The standard InChI is InChI=1S/C18H20FN3O3S/c1-11(2)16(20-17(24)14-4-3-9-26-14)18(25)22-21-15(23)10-12-5-7-13(19)8-6-12/h3-9,11,16H,10H2,1-2H3,(H,20,24)(H,21,23)(H,22,25)/t16-/m0/s1. The number of rotatable bonds is 6. The van der Waals surface area contributed by atoms with E-state index in [1.165, 1.54) is 35.6 Å². The lowest BCUT2D eigenvalue weighted by molar-refractivity contribution is -0.130. The van der Waals surface area contributed by atoms with E-state index in [0.717, 1.165) is 0 Å². The minimum Gasteiger partial charge on any atom is -0.339 e. The quantitative estimate of drug-likeness (QED) is 0.673. The molecule has 3 N–H and O–H groups in total. The molecule has 1 atom stereocenters. The Bertz CT molecular complexity index is 760. The molecule has 0 saturated carbocycles. The van der Waals surface area contributed by atoms with E-state index in [-0.39, 0.29) is 24.1 Å². The predicted octanol–water partition coefficient (Wildman–Crippen LogP) is 2.03. The van der Waals surface area contributed by atoms with Gasteiger partial charge in [0.25, 0.3) is 11.8 Å². The summed E-state index contributed by atoms with van der Waals surface area (Å²) < 4.78 is 12.9. The van der Waals surface area contributed by atoms with E-state index in [2.05, 4.69) is 16.2 Å². The summed E-state index contributed by atoms with van der Waals surface area (Å²) in [6.07, 6.45) is -0.00550. The van der Waals surface area contributed by atoms with Crippen LogP contribution in [0.25, 0.3) is 0 Å². The van der Waals surface area contributed by atoms with Gasteiger partial charge in [0, 0.05) is 0 Å². The summed E-state index contributed by atoms with van der Waals surface area (Å²) in [7, 11) is 0. The number of hydrogen-bond acceptors (Lipinski definition) is 4. The van der Waals surface area contributed by atoms with E-state index in [1.54, 1.807) is 31.4 Å². The Labute approximate surface area is 154 Å². The molecular weight excluding hydrogens is 357 g/mol. The second-order valence-electron chi connectivity index (χ2n) is 6.01. The van der Waals surface area contributed by atoms with Gasteiger partial charge >= 0.3 is 0 Å². The molecule has 0 aliphatic carbocycles. The molecule has 1 aromatic carbocycles. The molecule has 2 rings (SSSR count). The molecule has 0 spiro atoms. The molecule has 138 valence electrons. The average molecular weight is 377 g/mol. The van der Waals surface area contributed by atoms with Gasteiger partial charge in [0.2, 0.25) is 5.91 Å². The van der Waals surface area contributed by atoms with Crippen LogP contribution in [-0.2, 0) is 16.0 Å². The topological polar surface area (TPSA) is 87.3 Å². The van der Waals surface area contributed by atoms with Gasteiger partial charge in [-0.05, 0) is 35.1 Å². The van der Waals surface area contributed by atoms with E-state index < -0.39 is 17.9 Å². The fraction of sp³-hybridized carbons (Fsp3) is 0.278. The third-order valence-electron chi connectivity index (χ3n) is 3.58. The lowest BCUT2D eigenvalue weighted by Gasteiger charge is -2.21. The molecule has 3 amide bonds. The van der Waals surface area contributed by atoms with Gasteiger partial charge in [-0.25, -0.2) is 4.39 Å². The molecule has 0 fully saturated rings. The summed E-state index contributed by atoms with van der Waals surface area (Å²) in [6.45, 7) is 3.58. The van der Waals surface area contributed by atoms with Gasteiger partial charge in [0.05, 0.1) is 11.3 Å². The van der Waals surface area contributed by atoms with Crippen LogP contribution in [0.5, 0.6) is 0 Å². The second-order valence-corrected chi connectivity index (χ2v) is 6.96. The second kappa shape index (κ2) is 9.10. The van der Waals surface area contributed by atoms with Gasteiger partial charge in [-0.3, -0.25) is 25.2 Å². The van der Waals surface area contributed by atoms with Gasteiger partial charge in [0.1, 0.15) is 11.9 Å². The van der Waals surface area contributed by atoms with Crippen molar-refractivity contribution in [1.82, 2.24) is 16.2 Å². The van der Waals surface area contributed by atoms with Crippen molar-refractivity contribution in [2.24, 2.45) is 5.92 Å². The highest BCUT2D eigenvalue weighted by atomic mass is 32.1. The Morgan fingerprint density at radius 1 is 1.08 bits per heavy atom. The Kier molecular flexibility index (Phi) is 6.85. The van der Waals surface area contributed by atoms with Crippen LogP contribution in [0.1, 0.15) is 29.1 Å². The molecule has 6 nitrogen and oxygen atoms in total. The number of thiophene rings is 1. The average Bonchev–Trinajstić information content (AvgIpc) is 3.14. The molecule has 0 bridgehead atoms. The third kappa shape index (κ3) is 5.66. The first-order valence-electron chi connectivity index (χ1n) is 8.04. The van der Waals surface area contributed by atoms with Crippen LogP contribution in [0.4, 0.5) is 4.39 Å². The zero-order chi connectivity index (χ0) is 19.1. The summed E-state index contributed by atoms with van der Waals surface area (Å²) in [6, 6.07) is 8.13. The van der Waals surface area contributed by atoms with Crippen LogP contribution in [-0.4, -0.2) is 23.8 Å². The lowest BCUT2D eigenvalue weighted by atomic mass is 10.0. The molecule has 0 unspecified atom stereocenters. The largest absolute Gasteiger partial charge is 0.339 e. The molecule has 0 radical (unpaired) electrons. The van der Waals surface area contributed by atoms with E-state index in [4.69, 9.17) is 0 Å². The normalized spacial score (nSPS) is 11.7. The van der Waals surface area contributed by atoms with Crippen molar-refractivity contribution < 1.29 is 18.8 Å². The molecule has 2 aromatic rings. The van der Waals surface area contributed by atoms with Gasteiger partial charge in [-0.2, -0.15) is 0 Å². The van der Waals surface area contributed by atoms with Crippen LogP contribution in [0.15, 0.2) is 41.8 Å². The van der Waals surface area contributed by atoms with E-state index in [0.29, 0.717) is 10.4 Å². The number of carbonyl (C=O) groups is 3. The maximum absolute atomic E-state index is 12.9. The summed E-state index contributed by atoms with van der Waals surface area (Å²) in [5, 5.41) is 4.44. The molecular formula is C18H20FN3O3S. The first-order valence-corrected chi connectivity index (χ1v) is 8.92. The SMILES string of the molecule is CC(C)[C@H](NC(=O)c1cccs1)C(=O)NNC(=O)Cc1ccc(F)cc1. The minimum atomic E-state index is -0.796. The van der Waals surface area contributed by atoms with Gasteiger partial charge < -0.3 is 5.32 Å². The third-order valence-corrected chi connectivity index (χ3v) is 4.45. The number of amides is 3. The van der Waals surface area contributed by atoms with Crippen molar-refractivity contribution >= 4 is 29.1 Å². The maximum atomic E-state index is 12.9. The highest BCUT2D eigenvalue weighted by molar-refractivity contribution is 7.12. The van der Waals surface area contributed by atoms with Crippen LogP contribution in [0.2, 0.25) is 0 Å². The van der Waals surface area contributed by atoms with Crippen LogP contribution < -0.4 is 16.2 Å². The molecule has 1 heterocycles. The fourth-order valence-corrected chi connectivity index (χ4v) is 2.82. The zero-order valence-electron chi connectivity index (χ0n) is 14.4. The molecule has 0 aliphatic heterocycles. The number of benzene rings is 1. The molecule has 26 heavy (non-hydrogen) atoms. The molecule has 1 aromatic heterocycles. The number of carbonyl (C=O) groups excluding carboxylic acids is 3. The van der Waals surface area contributed by atoms with E-state index in [9.17, 15) is 18.8 Å². The minimum absolute atomic E-state index is 0.00550. The monoisotopic (exact) mass is 377 g/mol. The summed E-state index contributed by atoms with van der Waals surface area (Å²) >= 11 is 1.28. The Morgan fingerprint density at radius 3 is 2.35 bits per heavy atom. The van der Waals surface area contributed by atoms with Gasteiger partial charge in [-0.15, -0.1) is 11.3 Å². The van der Waals surface area contributed by atoms with Crippen molar-refractivity contribution in [3.8, 4) is 0 Å². The number of nitrogens with one attached hydrogen (secondary N) is 3. The van der Waals surface area contributed by atoms with Crippen molar-refractivity contribution in [1.29, 1.82) is 0 Å². The zero-order valence-corrected chi connectivity index (χ0v) is 15.2. The first kappa shape index (κ1) is 19.6. The molecule has 0 saturated heterocycles. The molecule has 8 heteroatoms. The smallest absolute Gasteiger partial charge is 0.262 e. The number of hydrogen-bond donors (Lipinski definition) is 3. The first-order chi connectivity index (χ1) is 12.4. The van der Waals surface area contributed by atoms with Crippen LogP contribution in [0.3, 0.4) is 0 Å². The Morgan fingerprint density at radius 2 is 1.77 bits per heavy atom. The predicted molar refractivity (Wildman–Crippen MR) is 96.8 cm³/mol. The van der Waals surface area contributed by atoms with Gasteiger partial charge in [0.15, 0.2) is 0 Å². The Balaban J connectivity index is 1.87. The van der Waals surface area contributed by atoms with Crippen LogP contribution in [0, 0.1) is 11.7 Å². The summed E-state index contributed by atoms with van der Waals surface area (Å²) in [5.74, 6) is -1.86. The van der Waals surface area contributed by atoms with Crippen molar-refractivity contribution in [2.75, 3.05) is 0 Å². The van der Waals surface area contributed by atoms with Crippen molar-refractivity contribution in [3.63, 3.8) is 0 Å². The highest BCUT2D eigenvalue weighted by Gasteiger charge is 2.25. The number of halogens is 1. The molecule has 0 aliphatic rings. The summed E-state index contributed by atoms with van der Waals surface area (Å²) in [5.41, 5.74) is 5.25. The Hall–Kier alpha value is -2.74. The van der Waals surface area contributed by atoms with Crippen LogP contribution >= 0.6 is 11.3 Å². The lowest BCUT2D eigenvalue weighted by Crippen LogP contribution is -2.54. The maximum Gasteiger partial charge on any atom is 0.262 e. The number of hydrazine groups is 1. The van der Waals surface area contributed by atoms with Crippen molar-refractivity contribution in [3.05, 3.63) is 58.0 Å². The van der Waals surface area contributed by atoms with E-state index >= 15 is 0 Å². The van der Waals surface area contributed by atoms with Crippen molar-refractivity contribution in [2.45, 2.75) is 26.3 Å². The fourth-order valence-electron chi connectivity index (χ4n) is 2.20. The highest BCUT2D eigenvalue weighted by Crippen LogP contribution is 2.10. The summed E-state index contributed by atoms with van der Waals surface area (Å²) in [4.78, 5) is 36.8.